The Hall–Kier alpha value is -1.38. The van der Waals surface area contributed by atoms with Crippen molar-refractivity contribution in [3.05, 3.63) is 70.5 Å². The third-order valence-corrected chi connectivity index (χ3v) is 3.09. The molecular formula is C15H14ClFO. The van der Waals surface area contributed by atoms with Crippen molar-refractivity contribution < 1.29 is 9.50 Å². The summed E-state index contributed by atoms with van der Waals surface area (Å²) in [7, 11) is 0. The summed E-state index contributed by atoms with van der Waals surface area (Å²) in [5.41, 5.74) is 1.48. The molecule has 1 N–H and O–H groups in total. The van der Waals surface area contributed by atoms with Crippen LogP contribution in [-0.2, 0) is 12.8 Å². The highest BCUT2D eigenvalue weighted by molar-refractivity contribution is 6.30. The average Bonchev–Trinajstić information content (AvgIpc) is 2.36. The Morgan fingerprint density at radius 2 is 1.72 bits per heavy atom. The van der Waals surface area contributed by atoms with Gasteiger partial charge in [-0.15, -0.1) is 0 Å². The van der Waals surface area contributed by atoms with Crippen molar-refractivity contribution in [3.63, 3.8) is 0 Å². The summed E-state index contributed by atoms with van der Waals surface area (Å²) in [6.07, 6.45) is 0.161. The fraction of sp³-hybridized carbons (Fsp3) is 0.200. The Labute approximate surface area is 111 Å². The van der Waals surface area contributed by atoms with Crippen LogP contribution in [0.5, 0.6) is 0 Å². The Kier molecular flexibility index (Phi) is 4.34. The van der Waals surface area contributed by atoms with E-state index in [-0.39, 0.29) is 11.4 Å². The van der Waals surface area contributed by atoms with Gasteiger partial charge < -0.3 is 5.11 Å². The van der Waals surface area contributed by atoms with Crippen LogP contribution in [0.1, 0.15) is 11.1 Å². The predicted molar refractivity (Wildman–Crippen MR) is 71.3 cm³/mol. The fourth-order valence-corrected chi connectivity index (χ4v) is 2.11. The molecule has 0 aromatic heterocycles. The number of aliphatic hydroxyl groups is 1. The van der Waals surface area contributed by atoms with E-state index in [1.165, 1.54) is 6.07 Å². The van der Waals surface area contributed by atoms with Crippen LogP contribution < -0.4 is 0 Å². The molecule has 0 saturated heterocycles. The van der Waals surface area contributed by atoms with Crippen LogP contribution in [0.3, 0.4) is 0 Å². The number of rotatable bonds is 4. The van der Waals surface area contributed by atoms with Gasteiger partial charge in [-0.1, -0.05) is 54.1 Å². The molecule has 0 heterocycles. The Bertz CT molecular complexity index is 513. The van der Waals surface area contributed by atoms with E-state index in [0.29, 0.717) is 12.0 Å². The molecule has 0 aliphatic heterocycles. The lowest BCUT2D eigenvalue weighted by molar-refractivity contribution is 0.174. The quantitative estimate of drug-likeness (QED) is 0.894. The zero-order valence-corrected chi connectivity index (χ0v) is 10.6. The van der Waals surface area contributed by atoms with Crippen LogP contribution in [0.25, 0.3) is 0 Å². The molecule has 0 spiro atoms. The van der Waals surface area contributed by atoms with Crippen LogP contribution in [-0.4, -0.2) is 11.2 Å². The van der Waals surface area contributed by atoms with Crippen molar-refractivity contribution >= 4 is 11.6 Å². The molecule has 1 atom stereocenters. The van der Waals surface area contributed by atoms with Crippen LogP contribution in [0.15, 0.2) is 48.5 Å². The fourth-order valence-electron chi connectivity index (χ4n) is 1.92. The minimum atomic E-state index is -0.611. The maximum absolute atomic E-state index is 13.7. The molecule has 0 aliphatic carbocycles. The molecule has 0 bridgehead atoms. The highest BCUT2D eigenvalue weighted by Gasteiger charge is 2.12. The van der Waals surface area contributed by atoms with Crippen molar-refractivity contribution in [1.29, 1.82) is 0 Å². The summed E-state index contributed by atoms with van der Waals surface area (Å²) in [5, 5.41) is 10.1. The predicted octanol–water partition coefficient (Wildman–Crippen LogP) is 3.63. The maximum Gasteiger partial charge on any atom is 0.145 e. The van der Waals surface area contributed by atoms with Gasteiger partial charge in [0, 0.05) is 6.42 Å². The van der Waals surface area contributed by atoms with Crippen molar-refractivity contribution in [2.75, 3.05) is 0 Å². The van der Waals surface area contributed by atoms with E-state index in [9.17, 15) is 9.50 Å². The van der Waals surface area contributed by atoms with Gasteiger partial charge in [0.2, 0.25) is 0 Å². The molecule has 1 unspecified atom stereocenters. The van der Waals surface area contributed by atoms with Crippen LogP contribution in [0, 0.1) is 5.82 Å². The van der Waals surface area contributed by atoms with Gasteiger partial charge in [0.15, 0.2) is 0 Å². The van der Waals surface area contributed by atoms with E-state index in [1.54, 1.807) is 12.1 Å². The molecule has 2 aromatic rings. The number of hydrogen-bond acceptors (Lipinski definition) is 1. The minimum Gasteiger partial charge on any atom is -0.392 e. The second-order valence-electron chi connectivity index (χ2n) is 4.26. The van der Waals surface area contributed by atoms with Gasteiger partial charge in [-0.3, -0.25) is 0 Å². The summed E-state index contributed by atoms with van der Waals surface area (Å²) in [4.78, 5) is 0. The molecule has 2 aromatic carbocycles. The zero-order valence-electron chi connectivity index (χ0n) is 9.81. The molecule has 18 heavy (non-hydrogen) atoms. The molecule has 94 valence electrons. The average molecular weight is 265 g/mol. The third-order valence-electron chi connectivity index (χ3n) is 2.80. The first-order valence-corrected chi connectivity index (χ1v) is 6.19. The number of benzene rings is 2. The van der Waals surface area contributed by atoms with Gasteiger partial charge in [0.25, 0.3) is 0 Å². The highest BCUT2D eigenvalue weighted by Crippen LogP contribution is 2.19. The Morgan fingerprint density at radius 3 is 2.44 bits per heavy atom. The van der Waals surface area contributed by atoms with E-state index in [0.717, 1.165) is 5.56 Å². The summed E-state index contributed by atoms with van der Waals surface area (Å²) >= 11 is 5.70. The topological polar surface area (TPSA) is 20.2 Å². The molecule has 0 radical (unpaired) electrons. The SMILES string of the molecule is OC(Cc1ccccc1)Cc1cccc(Cl)c1F. The summed E-state index contributed by atoms with van der Waals surface area (Å²) in [6, 6.07) is 14.5. The molecule has 2 rings (SSSR count). The molecular weight excluding hydrogens is 251 g/mol. The number of aliphatic hydroxyl groups excluding tert-OH is 1. The smallest absolute Gasteiger partial charge is 0.145 e. The van der Waals surface area contributed by atoms with Gasteiger partial charge in [0.05, 0.1) is 11.1 Å². The Morgan fingerprint density at radius 1 is 1.00 bits per heavy atom. The second kappa shape index (κ2) is 5.98. The van der Waals surface area contributed by atoms with E-state index in [2.05, 4.69) is 0 Å². The highest BCUT2D eigenvalue weighted by atomic mass is 35.5. The molecule has 0 amide bonds. The van der Waals surface area contributed by atoms with Gasteiger partial charge in [-0.05, 0) is 23.6 Å². The normalized spacial score (nSPS) is 12.4. The van der Waals surface area contributed by atoms with E-state index >= 15 is 0 Å². The van der Waals surface area contributed by atoms with Crippen molar-refractivity contribution in [3.8, 4) is 0 Å². The molecule has 0 fully saturated rings. The van der Waals surface area contributed by atoms with E-state index in [1.807, 2.05) is 30.3 Å². The van der Waals surface area contributed by atoms with Crippen molar-refractivity contribution in [2.45, 2.75) is 18.9 Å². The molecule has 3 heteroatoms. The van der Waals surface area contributed by atoms with Gasteiger partial charge in [-0.2, -0.15) is 0 Å². The first kappa shape index (κ1) is 13.1. The lowest BCUT2D eigenvalue weighted by Gasteiger charge is -2.11. The molecule has 0 saturated carbocycles. The molecule has 1 nitrogen and oxygen atoms in total. The van der Waals surface area contributed by atoms with E-state index < -0.39 is 11.9 Å². The zero-order chi connectivity index (χ0) is 13.0. The Balaban J connectivity index is 2.03. The largest absolute Gasteiger partial charge is 0.392 e. The molecule has 0 aliphatic rings. The summed E-state index contributed by atoms with van der Waals surface area (Å²) in [5.74, 6) is -0.439. The lowest BCUT2D eigenvalue weighted by atomic mass is 10.0. The second-order valence-corrected chi connectivity index (χ2v) is 4.67. The van der Waals surface area contributed by atoms with Gasteiger partial charge in [0.1, 0.15) is 5.82 Å². The first-order chi connectivity index (χ1) is 8.66. The van der Waals surface area contributed by atoms with Gasteiger partial charge >= 0.3 is 0 Å². The first-order valence-electron chi connectivity index (χ1n) is 5.81. The van der Waals surface area contributed by atoms with Crippen molar-refractivity contribution in [2.24, 2.45) is 0 Å². The van der Waals surface area contributed by atoms with Crippen LogP contribution in [0.2, 0.25) is 5.02 Å². The summed E-state index contributed by atoms with van der Waals surface area (Å²) < 4.78 is 13.7. The van der Waals surface area contributed by atoms with Crippen LogP contribution >= 0.6 is 11.6 Å². The van der Waals surface area contributed by atoms with Gasteiger partial charge in [-0.25, -0.2) is 4.39 Å². The summed E-state index contributed by atoms with van der Waals surface area (Å²) in [6.45, 7) is 0. The maximum atomic E-state index is 13.7. The number of halogens is 2. The number of hydrogen-bond donors (Lipinski definition) is 1. The standard InChI is InChI=1S/C15H14ClFO/c16-14-8-4-7-12(15(14)17)10-13(18)9-11-5-2-1-3-6-11/h1-8,13,18H,9-10H2. The monoisotopic (exact) mass is 264 g/mol. The lowest BCUT2D eigenvalue weighted by Crippen LogP contribution is -2.14. The van der Waals surface area contributed by atoms with Crippen LogP contribution in [0.4, 0.5) is 4.39 Å². The third kappa shape index (κ3) is 3.31. The minimum absolute atomic E-state index is 0.0967. The van der Waals surface area contributed by atoms with E-state index in [4.69, 9.17) is 11.6 Å². The van der Waals surface area contributed by atoms with Crippen molar-refractivity contribution in [1.82, 2.24) is 0 Å².